The van der Waals surface area contributed by atoms with Gasteiger partial charge in [-0.3, -0.25) is 14.6 Å². The molecule has 0 unspecified atom stereocenters. The summed E-state index contributed by atoms with van der Waals surface area (Å²) in [4.78, 5) is 24.8. The number of unbranched alkanes of at least 4 members (excludes halogenated alkanes) is 1. The first-order chi connectivity index (χ1) is 10.5. The van der Waals surface area contributed by atoms with Crippen LogP contribution in [0, 0.1) is 0 Å². The lowest BCUT2D eigenvalue weighted by atomic mass is 9.93. The molecule has 1 saturated heterocycles. The van der Waals surface area contributed by atoms with Crippen molar-refractivity contribution in [1.29, 1.82) is 0 Å². The van der Waals surface area contributed by atoms with E-state index in [9.17, 15) is 9.59 Å². The maximum absolute atomic E-state index is 12.5. The van der Waals surface area contributed by atoms with Crippen molar-refractivity contribution in [2.45, 2.75) is 25.3 Å². The Morgan fingerprint density at radius 3 is 2.77 bits per heavy atom. The average molecular weight is 372 g/mol. The molecule has 1 spiro atoms. The van der Waals surface area contributed by atoms with Crippen LogP contribution in [0.25, 0.3) is 0 Å². The van der Waals surface area contributed by atoms with Gasteiger partial charge in [0.1, 0.15) is 5.54 Å². The van der Waals surface area contributed by atoms with Crippen molar-refractivity contribution in [3.8, 4) is 5.75 Å². The van der Waals surface area contributed by atoms with Crippen LogP contribution in [0.2, 0.25) is 0 Å². The van der Waals surface area contributed by atoms with Gasteiger partial charge in [0.2, 0.25) is 5.43 Å². The second kappa shape index (κ2) is 5.68. The van der Waals surface area contributed by atoms with Crippen LogP contribution >= 0.6 is 15.9 Å². The summed E-state index contributed by atoms with van der Waals surface area (Å²) in [5, 5.41) is 1.14. The second-order valence-electron chi connectivity index (χ2n) is 5.71. The van der Waals surface area contributed by atoms with Crippen LogP contribution in [-0.4, -0.2) is 41.8 Å². The van der Waals surface area contributed by atoms with Gasteiger partial charge in [-0.2, -0.15) is 0 Å². The number of hydrogen-bond acceptors (Lipinski definition) is 5. The van der Waals surface area contributed by atoms with E-state index in [1.165, 1.54) is 0 Å². The Labute approximate surface area is 136 Å². The fourth-order valence-corrected chi connectivity index (χ4v) is 3.14. The molecule has 0 radical (unpaired) electrons. The van der Waals surface area contributed by atoms with Crippen molar-refractivity contribution in [2.75, 3.05) is 26.4 Å². The summed E-state index contributed by atoms with van der Waals surface area (Å²) in [6.07, 6.45) is 3.38. The number of hydrogen-bond donors (Lipinski definition) is 1. The van der Waals surface area contributed by atoms with E-state index in [1.807, 2.05) is 6.92 Å². The Morgan fingerprint density at radius 1 is 1.45 bits per heavy atom. The number of aromatic nitrogens is 1. The van der Waals surface area contributed by atoms with Crippen molar-refractivity contribution >= 4 is 21.8 Å². The number of carbonyl (C=O) groups is 1. The number of amides is 1. The number of halogens is 1. The predicted octanol–water partition coefficient (Wildman–Crippen LogP) is 0.845. The van der Waals surface area contributed by atoms with Crippen LogP contribution in [-0.2, 0) is 10.3 Å². The summed E-state index contributed by atoms with van der Waals surface area (Å²) in [6.45, 7) is 3.66. The van der Waals surface area contributed by atoms with Gasteiger partial charge < -0.3 is 14.0 Å². The van der Waals surface area contributed by atoms with Gasteiger partial charge >= 0.3 is 0 Å². The summed E-state index contributed by atoms with van der Waals surface area (Å²) in [5.74, 6) is 5.49. The minimum absolute atomic E-state index is 0.0641. The van der Waals surface area contributed by atoms with Gasteiger partial charge in [0.05, 0.1) is 30.8 Å². The van der Waals surface area contributed by atoms with Gasteiger partial charge in [0, 0.05) is 6.20 Å². The van der Waals surface area contributed by atoms with E-state index in [0.29, 0.717) is 30.8 Å². The second-order valence-corrected chi connectivity index (χ2v) is 6.56. The Bertz CT molecular complexity index is 669. The van der Waals surface area contributed by atoms with Crippen molar-refractivity contribution in [3.63, 3.8) is 0 Å². The van der Waals surface area contributed by atoms with E-state index in [-0.39, 0.29) is 16.9 Å². The lowest BCUT2D eigenvalue weighted by molar-refractivity contribution is -0.118. The minimum Gasteiger partial charge on any atom is -0.487 e. The molecule has 1 fully saturated rings. The van der Waals surface area contributed by atoms with Gasteiger partial charge in [-0.15, -0.1) is 0 Å². The third-order valence-corrected chi connectivity index (χ3v) is 4.61. The number of ether oxygens (including phenoxy) is 2. The third-order valence-electron chi connectivity index (χ3n) is 4.05. The number of pyridine rings is 1. The van der Waals surface area contributed by atoms with Crippen LogP contribution in [0.1, 0.15) is 30.3 Å². The first-order valence-corrected chi connectivity index (χ1v) is 8.02. The van der Waals surface area contributed by atoms with E-state index >= 15 is 0 Å². The number of carbonyl (C=O) groups excluding carboxylic acids is 1. The van der Waals surface area contributed by atoms with Crippen LogP contribution in [0.4, 0.5) is 0 Å². The van der Waals surface area contributed by atoms with Gasteiger partial charge in [-0.1, -0.05) is 13.3 Å². The van der Waals surface area contributed by atoms with E-state index in [4.69, 9.17) is 15.3 Å². The van der Waals surface area contributed by atoms with E-state index < -0.39 is 11.4 Å². The number of hydrazine groups is 1. The lowest BCUT2D eigenvalue weighted by Gasteiger charge is -2.49. The van der Waals surface area contributed by atoms with E-state index in [2.05, 4.69) is 15.9 Å². The predicted molar refractivity (Wildman–Crippen MR) is 82.8 cm³/mol. The molecule has 0 atom stereocenters. The molecule has 0 aliphatic carbocycles. The van der Waals surface area contributed by atoms with Crippen molar-refractivity contribution in [3.05, 3.63) is 26.6 Å². The molecule has 1 aromatic rings. The zero-order valence-corrected chi connectivity index (χ0v) is 13.9. The zero-order valence-electron chi connectivity index (χ0n) is 12.3. The molecular weight excluding hydrogens is 354 g/mol. The highest BCUT2D eigenvalue weighted by Crippen LogP contribution is 2.35. The van der Waals surface area contributed by atoms with Gasteiger partial charge in [-0.25, -0.2) is 5.84 Å². The minimum atomic E-state index is -0.420. The maximum atomic E-state index is 12.5. The Hall–Kier alpha value is -1.38. The monoisotopic (exact) mass is 371 g/mol. The third kappa shape index (κ3) is 2.26. The highest BCUT2D eigenvalue weighted by molar-refractivity contribution is 9.10. The lowest BCUT2D eigenvalue weighted by Crippen LogP contribution is -2.65. The molecule has 2 aliphatic rings. The standard InChI is InChI=1S/C14H18BrN3O4/c1-2-3-4-22-12-10-13(20)18(16)6-14(7-21-8-14)17(10)5-9(15)11(12)19/h5H,2-4,6-8,16H2,1H3. The Kier molecular flexibility index (Phi) is 4.00. The summed E-state index contributed by atoms with van der Waals surface area (Å²) >= 11 is 3.26. The average Bonchev–Trinajstić information content (AvgIpc) is 2.45. The molecule has 3 rings (SSSR count). The fourth-order valence-electron chi connectivity index (χ4n) is 2.76. The largest absolute Gasteiger partial charge is 0.487 e. The molecule has 8 heteroatoms. The van der Waals surface area contributed by atoms with Crippen LogP contribution in [0.5, 0.6) is 5.75 Å². The first kappa shape index (κ1) is 15.5. The van der Waals surface area contributed by atoms with Crippen LogP contribution in [0.15, 0.2) is 15.5 Å². The summed E-state index contributed by atoms with van der Waals surface area (Å²) in [6, 6.07) is 0. The molecular formula is C14H18BrN3O4. The summed E-state index contributed by atoms with van der Waals surface area (Å²) < 4.78 is 13.1. The van der Waals surface area contributed by atoms with Gasteiger partial charge in [0.25, 0.3) is 5.91 Å². The Balaban J connectivity index is 2.14. The highest BCUT2D eigenvalue weighted by atomic mass is 79.9. The van der Waals surface area contributed by atoms with Crippen LogP contribution < -0.4 is 16.0 Å². The zero-order chi connectivity index (χ0) is 15.9. The SMILES string of the molecule is CCCCOc1c2n(cc(Br)c1=O)C1(COC1)CN(N)C2=O. The molecule has 0 saturated carbocycles. The smallest absolute Gasteiger partial charge is 0.288 e. The Morgan fingerprint density at radius 2 is 2.18 bits per heavy atom. The number of rotatable bonds is 4. The molecule has 120 valence electrons. The van der Waals surface area contributed by atoms with Crippen LogP contribution in [0.3, 0.4) is 0 Å². The molecule has 2 N–H and O–H groups in total. The quantitative estimate of drug-likeness (QED) is 0.481. The van der Waals surface area contributed by atoms with Gasteiger partial charge in [-0.05, 0) is 22.4 Å². The summed E-state index contributed by atoms with van der Waals surface area (Å²) in [7, 11) is 0. The first-order valence-electron chi connectivity index (χ1n) is 7.23. The molecule has 1 aromatic heterocycles. The van der Waals surface area contributed by atoms with Crippen molar-refractivity contribution < 1.29 is 14.3 Å². The molecule has 0 aromatic carbocycles. The molecule has 22 heavy (non-hydrogen) atoms. The van der Waals surface area contributed by atoms with Crippen molar-refractivity contribution in [2.24, 2.45) is 5.84 Å². The molecule has 2 aliphatic heterocycles. The number of nitrogens with zero attached hydrogens (tertiary/aromatic N) is 2. The van der Waals surface area contributed by atoms with Crippen molar-refractivity contribution in [1.82, 2.24) is 9.58 Å². The number of fused-ring (bicyclic) bond motifs is 2. The maximum Gasteiger partial charge on any atom is 0.288 e. The molecule has 3 heterocycles. The van der Waals surface area contributed by atoms with Gasteiger partial charge in [0.15, 0.2) is 11.4 Å². The molecule has 0 bridgehead atoms. The summed E-state index contributed by atoms with van der Waals surface area (Å²) in [5.41, 5.74) is -0.542. The number of nitrogens with two attached hydrogens (primary N) is 1. The molecule has 7 nitrogen and oxygen atoms in total. The van der Waals surface area contributed by atoms with E-state index in [0.717, 1.165) is 17.9 Å². The fraction of sp³-hybridized carbons (Fsp3) is 0.571. The normalized spacial score (nSPS) is 19.0. The highest BCUT2D eigenvalue weighted by Gasteiger charge is 2.49. The van der Waals surface area contributed by atoms with E-state index in [1.54, 1.807) is 10.8 Å². The topological polar surface area (TPSA) is 86.8 Å². The molecule has 1 amide bonds.